The van der Waals surface area contributed by atoms with Gasteiger partial charge in [-0.2, -0.15) is 0 Å². The molecule has 0 heterocycles. The van der Waals surface area contributed by atoms with Gasteiger partial charge in [0, 0.05) is 24.3 Å². The van der Waals surface area contributed by atoms with E-state index in [0.717, 1.165) is 0 Å². The fourth-order valence-corrected chi connectivity index (χ4v) is 0.285. The molecule has 0 aliphatic carbocycles. The molecule has 0 aromatic rings. The van der Waals surface area contributed by atoms with Gasteiger partial charge in [-0.3, -0.25) is 0 Å². The van der Waals surface area contributed by atoms with E-state index < -0.39 is 23.9 Å². The van der Waals surface area contributed by atoms with E-state index in [-0.39, 0.29) is 1480 Å². The Balaban J connectivity index is -0.000000000307. The maximum Gasteiger partial charge on any atom is 2.00 e. The number of carbonyl (C=O) groups is 4. The summed E-state index contributed by atoms with van der Waals surface area (Å²) in [6.07, 6.45) is 2.23. The summed E-state index contributed by atoms with van der Waals surface area (Å²) >= 11 is 0. The third-order valence-electron chi connectivity index (χ3n) is 0.737. The Bertz CT molecular complexity index is 333. The zero-order valence-electron chi connectivity index (χ0n) is 61.5. The van der Waals surface area contributed by atoms with Crippen LogP contribution in [-0.4, -0.2) is 44.3 Å². The van der Waals surface area contributed by atoms with Crippen molar-refractivity contribution in [2.75, 3.05) is 0 Å². The second-order valence-corrected chi connectivity index (χ2v) is 2.02. The number of aliphatic carboxylic acids is 4. The average Bonchev–Trinajstić information content (AvgIpc) is 2.12. The quantitative estimate of drug-likeness (QED) is 0.212. The molecule has 0 fully saturated rings. The van der Waals surface area contributed by atoms with Crippen molar-refractivity contribution in [3.63, 3.8) is 0 Å². The first kappa shape index (κ1) is 730. The van der Waals surface area contributed by atoms with Gasteiger partial charge in [-0.05, 0) is 0 Å². The molecule has 0 saturated heterocycles. The smallest absolute Gasteiger partial charge is 0.478 e. The van der Waals surface area contributed by atoms with Gasteiger partial charge in [0.15, 0.2) is 0 Å². The van der Waals surface area contributed by atoms with Crippen LogP contribution < -0.4 is 0 Å². The first-order valence-corrected chi connectivity index (χ1v) is 3.53. The van der Waals surface area contributed by atoms with Gasteiger partial charge < -0.3 is 20.4 Å². The fourth-order valence-electron chi connectivity index (χ4n) is 0.285. The Hall–Kier alpha value is 44.7. The van der Waals surface area contributed by atoms with Crippen LogP contribution in [0.15, 0.2) is 24.3 Å². The third-order valence-corrected chi connectivity index (χ3v) is 0.737. The number of carboxylic acid groups (broad SMARTS) is 4. The molecule has 0 aromatic carbocycles. The van der Waals surface area contributed by atoms with Gasteiger partial charge in [0.05, 0.1) is 0 Å². The van der Waals surface area contributed by atoms with Crippen molar-refractivity contribution in [1.82, 2.24) is 0 Å². The zero-order valence-corrected chi connectivity index (χ0v) is 287. The molecule has 0 amide bonds. The van der Waals surface area contributed by atoms with Crippen LogP contribution >= 0.6 is 0 Å². The standard InChI is InChI=1S/2C4H4O4.76Zn/c2*5-3(6)1-2-4(7)8;;;;;;;;;;;;;;;;;;;;;;;;;;;;;;;;;;;;;;;;;;;;;;;;;;;;;;;;;;;;;;;;;;;;;;;;;;;;/h2*1-2H,(H,5,6)(H,7,8);;;;;;;;;;;;;;;;;;;;;;;;;;;;;;;;;;;;;;;;;;;;;;;;;;;;;;;;;;;;;;;;;;;;;;;;;;;;/q;;76*+2/b2*2-1-;;;;;;;;;;;;;;;;;;;;;;;;;;;;;;;;;;;;;;;;;;;;;;;;;;;;;;;;;;;;;;;;;;;;;;;;;;;;. The van der Waals surface area contributed by atoms with Crippen molar-refractivity contribution in [3.05, 3.63) is 24.3 Å². The normalized spacial score (nSPS) is 1.65. The van der Waals surface area contributed by atoms with Crippen molar-refractivity contribution in [2.45, 2.75) is 0 Å². The number of carboxylic acids is 4. The molecule has 4 N–H and O–H groups in total. The van der Waals surface area contributed by atoms with Crippen LogP contribution in [0, 0.1) is 0 Å². The Morgan fingerprint density at radius 3 is 0.130 bits per heavy atom. The summed E-state index contributed by atoms with van der Waals surface area (Å²) in [5.41, 5.74) is 0. The van der Waals surface area contributed by atoms with Gasteiger partial charge in [-0.15, -0.1) is 0 Å². The van der Waals surface area contributed by atoms with Crippen molar-refractivity contribution in [3.8, 4) is 0 Å². The number of hydrogen-bond acceptors (Lipinski definition) is 4. The van der Waals surface area contributed by atoms with Crippen LogP contribution in [0.5, 0.6) is 0 Å². The predicted octanol–water partition coefficient (Wildman–Crippen LogP) is -0.766. The van der Waals surface area contributed by atoms with E-state index in [4.69, 9.17) is 20.4 Å². The Morgan fingerprint density at radius 1 is 0.0978 bits per heavy atom. The topological polar surface area (TPSA) is 149 Å². The Kier molecular flexibility index (Phi) is 5300. The molecule has 0 spiro atoms. The summed E-state index contributed by atoms with van der Waals surface area (Å²) < 4.78 is 0. The van der Waals surface area contributed by atoms with Gasteiger partial charge in [0.2, 0.25) is 0 Å². The molecule has 0 aliphatic rings. The van der Waals surface area contributed by atoms with Crippen LogP contribution in [0.2, 0.25) is 0 Å². The minimum absolute atomic E-state index is 0. The van der Waals surface area contributed by atoms with Crippen LogP contribution in [0.3, 0.4) is 0 Å². The van der Waals surface area contributed by atoms with Gasteiger partial charge in [0.1, 0.15) is 0 Å². The van der Waals surface area contributed by atoms with Crippen LogP contribution in [0.4, 0.5) is 0 Å². The molecule has 92 heavy (non-hydrogen) atoms. The summed E-state index contributed by atoms with van der Waals surface area (Å²) in [4.78, 5) is 38.2. The SMILES string of the molecule is O=C(O)/C=C\C(=O)O.O=C(O)/C=C\C(=O)O.[Zn+2].[Zn+2].[Zn+2].[Zn+2].[Zn+2].[Zn+2].[Zn+2].[Zn+2].[Zn+2].[Zn+2].[Zn+2].[Zn+2].[Zn+2].[Zn+2].[Zn+2].[Zn+2].[Zn+2].[Zn+2].[Zn+2].[Zn+2].[Zn+2].[Zn+2].[Zn+2].[Zn+2].[Zn+2].[Zn+2].[Zn+2].[Zn+2].[Zn+2].[Zn+2].[Zn+2].[Zn+2].[Zn+2].[Zn+2].[Zn+2].[Zn+2].[Zn+2].[Zn+2].[Zn+2].[Zn+2].[Zn+2].[Zn+2].[Zn+2].[Zn+2].[Zn+2].[Zn+2].[Zn+2].[Zn+2].[Zn+2].[Zn+2].[Zn+2].[Zn+2].[Zn+2].[Zn+2].[Zn+2].[Zn+2].[Zn+2].[Zn+2].[Zn+2].[Zn+2].[Zn+2].[Zn+2].[Zn+2].[Zn+2].[Zn+2].[Zn+2].[Zn+2].[Zn+2].[Zn+2].[Zn+2].[Zn+2].[Zn+2].[Zn+2].[Zn+2].[Zn+2].[Zn+2]. The monoisotopic (exact) mass is 5090 g/mol. The minimum atomic E-state index is -1.26. The molecule has 0 aliphatic heterocycles. The molecule has 0 rings (SSSR count). The van der Waals surface area contributed by atoms with Crippen LogP contribution in [0.1, 0.15) is 0 Å². The Labute approximate surface area is 1520 Å². The van der Waals surface area contributed by atoms with Crippen molar-refractivity contribution >= 4 is 23.9 Å². The van der Waals surface area contributed by atoms with Crippen molar-refractivity contribution < 1.29 is 1520 Å². The summed E-state index contributed by atoms with van der Waals surface area (Å²) in [5.74, 6) is -5.03. The maximum atomic E-state index is 9.55. The van der Waals surface area contributed by atoms with Gasteiger partial charge in [-0.25, -0.2) is 19.2 Å². The van der Waals surface area contributed by atoms with E-state index >= 15 is 0 Å². The molecule has 84 heteroatoms. The molecule has 0 saturated carbocycles. The molecular weight excluding hydrogens is 5190 g/mol. The van der Waals surface area contributed by atoms with Gasteiger partial charge in [-0.1, -0.05) is 0 Å². The van der Waals surface area contributed by atoms with E-state index in [9.17, 15) is 19.2 Å². The second-order valence-electron chi connectivity index (χ2n) is 2.02. The molecule has 0 atom stereocenters. The van der Waals surface area contributed by atoms with E-state index in [1.54, 1.807) is 0 Å². The second kappa shape index (κ2) is 668. The summed E-state index contributed by atoms with van der Waals surface area (Å²) in [7, 11) is 0. The maximum absolute atomic E-state index is 9.55. The van der Waals surface area contributed by atoms with Crippen LogP contribution in [-0.2, 0) is 1500 Å². The first-order chi connectivity index (χ1) is 7.25. The van der Waals surface area contributed by atoms with E-state index in [0.29, 0.717) is 24.3 Å². The largest absolute Gasteiger partial charge is 2.00 e. The molecule has 0 aromatic heterocycles. The summed E-state index contributed by atoms with van der Waals surface area (Å²) in [5, 5.41) is 31.2. The van der Waals surface area contributed by atoms with Crippen molar-refractivity contribution in [2.24, 2.45) is 0 Å². The minimum Gasteiger partial charge on any atom is -0.478 e. The average molecular weight is 5200 g/mol. The zero-order chi connectivity index (χ0) is 13.1. The predicted molar refractivity (Wildman–Crippen MR) is 48.8 cm³/mol. The first-order valence-electron chi connectivity index (χ1n) is 3.53. The molecule has 0 radical (unpaired) electrons. The Morgan fingerprint density at radius 2 is 0.120 bits per heavy atom. The van der Waals surface area contributed by atoms with Crippen molar-refractivity contribution in [1.29, 1.82) is 0 Å². The summed E-state index contributed by atoms with van der Waals surface area (Å²) in [6.45, 7) is 0. The fraction of sp³-hybridized carbons (Fsp3) is 0. The van der Waals surface area contributed by atoms with E-state index in [1.807, 2.05) is 0 Å². The molecule has 0 unspecified atom stereocenters. The summed E-state index contributed by atoms with van der Waals surface area (Å²) in [6, 6.07) is 0. The van der Waals surface area contributed by atoms with Crippen LogP contribution in [0.25, 0.3) is 0 Å². The third kappa shape index (κ3) is 804. The van der Waals surface area contributed by atoms with Gasteiger partial charge >= 0.3 is 1500 Å². The molecule has 0 bridgehead atoms. The number of rotatable bonds is 4. The van der Waals surface area contributed by atoms with E-state index in [2.05, 4.69) is 0 Å². The number of hydrogen-bond donors (Lipinski definition) is 4. The van der Waals surface area contributed by atoms with Gasteiger partial charge in [0.25, 0.3) is 0 Å². The molecule has 8 nitrogen and oxygen atoms in total. The molecular formula is C8H8O8Zn76+152. The van der Waals surface area contributed by atoms with E-state index in [1.165, 1.54) is 0 Å². The molecule has 88 valence electrons.